The van der Waals surface area contributed by atoms with Crippen LogP contribution in [0, 0.1) is 35.5 Å². The van der Waals surface area contributed by atoms with Crippen LogP contribution in [0.1, 0.15) is 73.1 Å². The van der Waals surface area contributed by atoms with Gasteiger partial charge >= 0.3 is 0 Å². The van der Waals surface area contributed by atoms with Gasteiger partial charge in [-0.05, 0) is 46.6 Å². The summed E-state index contributed by atoms with van der Waals surface area (Å²) in [7, 11) is -1.18. The van der Waals surface area contributed by atoms with E-state index in [1.165, 1.54) is 12.8 Å². The molecular weight excluding hydrogens is 280 g/mol. The molecule has 8 unspecified atom stereocenters. The Kier molecular flexibility index (Phi) is 4.85. The van der Waals surface area contributed by atoms with Crippen molar-refractivity contribution in [1.82, 2.24) is 0 Å². The SMILES string of the molecule is CC[Si](C)(C1CCC2CCCCC21)C1C(C)C(C)C(C)C1C. The topological polar surface area (TPSA) is 0 Å². The first-order chi connectivity index (χ1) is 10.4. The molecule has 0 aliphatic heterocycles. The molecule has 0 N–H and O–H groups in total. The lowest BCUT2D eigenvalue weighted by atomic mass is 9.82. The van der Waals surface area contributed by atoms with Gasteiger partial charge in [-0.2, -0.15) is 0 Å². The Hall–Kier alpha value is 0.217. The number of rotatable bonds is 3. The lowest BCUT2D eigenvalue weighted by Gasteiger charge is -2.47. The van der Waals surface area contributed by atoms with Crippen molar-refractivity contribution >= 4 is 8.07 Å². The molecule has 3 aliphatic rings. The molecule has 0 amide bonds. The van der Waals surface area contributed by atoms with Gasteiger partial charge in [0.25, 0.3) is 0 Å². The Morgan fingerprint density at radius 2 is 1.36 bits per heavy atom. The summed E-state index contributed by atoms with van der Waals surface area (Å²) in [4.78, 5) is 0. The molecule has 0 saturated heterocycles. The van der Waals surface area contributed by atoms with Crippen molar-refractivity contribution in [2.24, 2.45) is 35.5 Å². The van der Waals surface area contributed by atoms with Gasteiger partial charge in [-0.1, -0.05) is 85.7 Å². The summed E-state index contributed by atoms with van der Waals surface area (Å²) in [6, 6.07) is 1.54. The van der Waals surface area contributed by atoms with Crippen LogP contribution >= 0.6 is 0 Å². The zero-order valence-corrected chi connectivity index (χ0v) is 17.1. The van der Waals surface area contributed by atoms with Crippen LogP contribution in [0.25, 0.3) is 0 Å². The minimum absolute atomic E-state index is 0.946. The minimum atomic E-state index is -1.18. The minimum Gasteiger partial charge on any atom is -0.0687 e. The average molecular weight is 321 g/mol. The molecule has 128 valence electrons. The highest BCUT2D eigenvalue weighted by atomic mass is 28.3. The van der Waals surface area contributed by atoms with Crippen molar-refractivity contribution in [3.05, 3.63) is 0 Å². The van der Waals surface area contributed by atoms with Crippen molar-refractivity contribution in [2.45, 2.75) is 96.8 Å². The van der Waals surface area contributed by atoms with E-state index in [1.807, 2.05) is 0 Å². The molecule has 3 saturated carbocycles. The third-order valence-corrected chi connectivity index (χ3v) is 15.8. The van der Waals surface area contributed by atoms with Gasteiger partial charge in [0, 0.05) is 0 Å². The second-order valence-corrected chi connectivity index (χ2v) is 14.8. The van der Waals surface area contributed by atoms with Crippen molar-refractivity contribution < 1.29 is 0 Å². The van der Waals surface area contributed by atoms with Gasteiger partial charge in [-0.25, -0.2) is 0 Å². The maximum Gasteiger partial charge on any atom is 0.0572 e. The van der Waals surface area contributed by atoms with E-state index in [9.17, 15) is 0 Å². The van der Waals surface area contributed by atoms with Crippen LogP contribution in [0.2, 0.25) is 23.7 Å². The molecule has 0 heterocycles. The Balaban J connectivity index is 1.88. The Morgan fingerprint density at radius 1 is 0.773 bits per heavy atom. The third-order valence-electron chi connectivity index (χ3n) is 9.32. The van der Waals surface area contributed by atoms with E-state index >= 15 is 0 Å². The van der Waals surface area contributed by atoms with Crippen LogP contribution in [0.5, 0.6) is 0 Å². The highest BCUT2D eigenvalue weighted by Gasteiger charge is 2.56. The molecule has 0 aromatic rings. The Labute approximate surface area is 140 Å². The molecule has 22 heavy (non-hydrogen) atoms. The second-order valence-electron chi connectivity index (χ2n) is 9.71. The molecular formula is C21H40Si. The van der Waals surface area contributed by atoms with Gasteiger partial charge in [0.1, 0.15) is 0 Å². The number of fused-ring (bicyclic) bond motifs is 1. The van der Waals surface area contributed by atoms with E-state index in [0.717, 1.165) is 46.6 Å². The second kappa shape index (κ2) is 6.26. The Morgan fingerprint density at radius 3 is 1.95 bits per heavy atom. The first kappa shape index (κ1) is 17.1. The van der Waals surface area contributed by atoms with Gasteiger partial charge < -0.3 is 0 Å². The molecule has 3 rings (SSSR count). The smallest absolute Gasteiger partial charge is 0.0572 e. The molecule has 0 bridgehead atoms. The monoisotopic (exact) mass is 320 g/mol. The van der Waals surface area contributed by atoms with Crippen molar-refractivity contribution in [3.63, 3.8) is 0 Å². The maximum absolute atomic E-state index is 2.84. The molecule has 0 radical (unpaired) electrons. The zero-order valence-electron chi connectivity index (χ0n) is 16.1. The molecule has 3 fully saturated rings. The highest BCUT2D eigenvalue weighted by Crippen LogP contribution is 2.63. The molecule has 1 heteroatoms. The standard InChI is InChI=1S/C21H40Si/c1-7-22(6,21-16(4)14(2)15(3)17(21)5)20-13-12-18-10-8-9-11-19(18)20/h14-21H,7-13H2,1-6H3. The van der Waals surface area contributed by atoms with Gasteiger partial charge in [0.15, 0.2) is 0 Å². The van der Waals surface area contributed by atoms with E-state index < -0.39 is 8.07 Å². The van der Waals surface area contributed by atoms with Crippen molar-refractivity contribution in [3.8, 4) is 0 Å². The lowest BCUT2D eigenvalue weighted by Crippen LogP contribution is -2.46. The third kappa shape index (κ3) is 2.45. The first-order valence-electron chi connectivity index (χ1n) is 10.4. The molecule has 0 aromatic heterocycles. The van der Waals surface area contributed by atoms with Crippen LogP contribution in [-0.4, -0.2) is 8.07 Å². The number of hydrogen-bond acceptors (Lipinski definition) is 0. The average Bonchev–Trinajstić information content (AvgIpc) is 3.04. The van der Waals surface area contributed by atoms with E-state index in [-0.39, 0.29) is 0 Å². The predicted molar refractivity (Wildman–Crippen MR) is 101 cm³/mol. The molecule has 0 aromatic carbocycles. The largest absolute Gasteiger partial charge is 0.0687 e. The summed E-state index contributed by atoms with van der Waals surface area (Å²) in [5, 5.41) is 0. The summed E-state index contributed by atoms with van der Waals surface area (Å²) >= 11 is 0. The van der Waals surface area contributed by atoms with E-state index in [1.54, 1.807) is 31.7 Å². The van der Waals surface area contributed by atoms with E-state index in [2.05, 4.69) is 41.2 Å². The fourth-order valence-corrected chi connectivity index (χ4v) is 14.3. The molecule has 3 aliphatic carbocycles. The van der Waals surface area contributed by atoms with Crippen LogP contribution in [0.15, 0.2) is 0 Å². The van der Waals surface area contributed by atoms with Crippen LogP contribution < -0.4 is 0 Å². The summed E-state index contributed by atoms with van der Waals surface area (Å²) in [5.74, 6) is 6.10. The predicted octanol–water partition coefficient (Wildman–Crippen LogP) is 6.98. The maximum atomic E-state index is 2.84. The highest BCUT2D eigenvalue weighted by molar-refractivity contribution is 6.81. The van der Waals surface area contributed by atoms with Crippen LogP contribution in [0.4, 0.5) is 0 Å². The van der Waals surface area contributed by atoms with E-state index in [0.29, 0.717) is 0 Å². The van der Waals surface area contributed by atoms with Crippen molar-refractivity contribution in [1.29, 1.82) is 0 Å². The van der Waals surface area contributed by atoms with Crippen molar-refractivity contribution in [2.75, 3.05) is 0 Å². The van der Waals surface area contributed by atoms with Gasteiger partial charge in [0.05, 0.1) is 8.07 Å². The van der Waals surface area contributed by atoms with Crippen LogP contribution in [-0.2, 0) is 0 Å². The number of hydrogen-bond donors (Lipinski definition) is 0. The molecule has 8 atom stereocenters. The summed E-state index contributed by atoms with van der Waals surface area (Å²) < 4.78 is 0. The summed E-state index contributed by atoms with van der Waals surface area (Å²) in [5.41, 5.74) is 2.25. The fraction of sp³-hybridized carbons (Fsp3) is 1.00. The van der Waals surface area contributed by atoms with Gasteiger partial charge in [0.2, 0.25) is 0 Å². The fourth-order valence-electron chi connectivity index (χ4n) is 7.59. The lowest BCUT2D eigenvalue weighted by molar-refractivity contribution is 0.272. The van der Waals surface area contributed by atoms with Gasteiger partial charge in [-0.3, -0.25) is 0 Å². The van der Waals surface area contributed by atoms with Crippen LogP contribution in [0.3, 0.4) is 0 Å². The normalized spacial score (nSPS) is 51.5. The zero-order chi connectivity index (χ0) is 16.1. The first-order valence-corrected chi connectivity index (χ1v) is 13.3. The van der Waals surface area contributed by atoms with Gasteiger partial charge in [-0.15, -0.1) is 0 Å². The Bertz CT molecular complexity index is 377. The summed E-state index contributed by atoms with van der Waals surface area (Å²) in [6.45, 7) is 15.7. The van der Waals surface area contributed by atoms with E-state index in [4.69, 9.17) is 0 Å². The summed E-state index contributed by atoms with van der Waals surface area (Å²) in [6.07, 6.45) is 9.40. The quantitative estimate of drug-likeness (QED) is 0.492. The molecule has 0 spiro atoms. The molecule has 0 nitrogen and oxygen atoms in total.